The first-order chi connectivity index (χ1) is 12.4. The van der Waals surface area contributed by atoms with Gasteiger partial charge in [0.15, 0.2) is 11.6 Å². The molecule has 4 unspecified atom stereocenters. The van der Waals surface area contributed by atoms with E-state index in [1.165, 1.54) is 0 Å². The number of ketones is 2. The zero-order valence-electron chi connectivity index (χ0n) is 14.9. The van der Waals surface area contributed by atoms with Crippen molar-refractivity contribution in [1.29, 1.82) is 0 Å². The molecule has 0 spiro atoms. The Morgan fingerprint density at radius 3 is 1.31 bits per heavy atom. The first-order valence-electron chi connectivity index (χ1n) is 8.86. The molecule has 1 fully saturated rings. The van der Waals surface area contributed by atoms with Crippen LogP contribution < -0.4 is 0 Å². The standard InChI is InChI=1S/C22H22Br2O2/c1-13-3-7-15(8-4-13)21(25)17-11-19(23)20(24)12-18(17)22(26)16-9-5-14(2)6-10-16/h3-10,17-20H,11-12H2,1-2H3. The zero-order valence-corrected chi connectivity index (χ0v) is 18.1. The van der Waals surface area contributed by atoms with Crippen molar-refractivity contribution >= 4 is 43.4 Å². The average molecular weight is 478 g/mol. The molecule has 26 heavy (non-hydrogen) atoms. The minimum absolute atomic E-state index is 0.0688. The Kier molecular flexibility index (Phi) is 6.13. The summed E-state index contributed by atoms with van der Waals surface area (Å²) in [4.78, 5) is 26.7. The molecule has 3 rings (SSSR count). The van der Waals surface area contributed by atoms with Gasteiger partial charge in [0, 0.05) is 32.6 Å². The monoisotopic (exact) mass is 476 g/mol. The summed E-state index contributed by atoms with van der Waals surface area (Å²) >= 11 is 7.36. The molecule has 0 bridgehead atoms. The van der Waals surface area contributed by atoms with Gasteiger partial charge in [-0.15, -0.1) is 0 Å². The summed E-state index contributed by atoms with van der Waals surface area (Å²) < 4.78 is 0. The van der Waals surface area contributed by atoms with Gasteiger partial charge < -0.3 is 0 Å². The molecule has 2 nitrogen and oxygen atoms in total. The third kappa shape index (κ3) is 4.17. The van der Waals surface area contributed by atoms with E-state index in [1.54, 1.807) is 0 Å². The van der Waals surface area contributed by atoms with Crippen molar-refractivity contribution in [3.63, 3.8) is 0 Å². The smallest absolute Gasteiger partial charge is 0.166 e. The molecule has 136 valence electrons. The van der Waals surface area contributed by atoms with E-state index in [0.717, 1.165) is 11.1 Å². The Morgan fingerprint density at radius 2 is 1.00 bits per heavy atom. The van der Waals surface area contributed by atoms with Crippen molar-refractivity contribution in [1.82, 2.24) is 0 Å². The van der Waals surface area contributed by atoms with Crippen LogP contribution in [-0.4, -0.2) is 21.2 Å². The molecule has 1 aliphatic rings. The molecule has 0 N–H and O–H groups in total. The van der Waals surface area contributed by atoms with Crippen molar-refractivity contribution in [3.05, 3.63) is 70.8 Å². The topological polar surface area (TPSA) is 34.1 Å². The van der Waals surface area contributed by atoms with E-state index < -0.39 is 0 Å². The number of carbonyl (C=O) groups is 2. The second-order valence-corrected chi connectivity index (χ2v) is 9.53. The number of alkyl halides is 2. The fourth-order valence-corrected chi connectivity index (χ4v) is 4.79. The van der Waals surface area contributed by atoms with E-state index in [2.05, 4.69) is 31.9 Å². The Bertz CT molecular complexity index is 726. The summed E-state index contributed by atoms with van der Waals surface area (Å²) in [6, 6.07) is 15.3. The maximum Gasteiger partial charge on any atom is 0.166 e. The highest BCUT2D eigenvalue weighted by atomic mass is 79.9. The fourth-order valence-electron chi connectivity index (χ4n) is 3.55. The van der Waals surface area contributed by atoms with E-state index in [-0.39, 0.29) is 33.1 Å². The highest BCUT2D eigenvalue weighted by molar-refractivity contribution is 9.12. The molecule has 0 heterocycles. The number of carbonyl (C=O) groups excluding carboxylic acids is 2. The van der Waals surface area contributed by atoms with Crippen molar-refractivity contribution in [3.8, 4) is 0 Å². The van der Waals surface area contributed by atoms with Gasteiger partial charge in [-0.25, -0.2) is 0 Å². The minimum Gasteiger partial charge on any atom is -0.294 e. The van der Waals surface area contributed by atoms with Gasteiger partial charge in [-0.3, -0.25) is 9.59 Å². The Hall–Kier alpha value is -1.26. The highest BCUT2D eigenvalue weighted by Crippen LogP contribution is 2.40. The van der Waals surface area contributed by atoms with Gasteiger partial charge in [-0.2, -0.15) is 0 Å². The second kappa shape index (κ2) is 8.18. The maximum atomic E-state index is 13.2. The molecular weight excluding hydrogens is 456 g/mol. The third-order valence-electron chi connectivity index (χ3n) is 5.18. The molecule has 2 aromatic rings. The molecule has 0 aromatic heterocycles. The van der Waals surface area contributed by atoms with Crippen molar-refractivity contribution in [2.45, 2.75) is 36.3 Å². The van der Waals surface area contributed by atoms with Crippen LogP contribution in [0, 0.1) is 25.7 Å². The SMILES string of the molecule is Cc1ccc(C(=O)C2CC(Br)C(Br)CC2C(=O)c2ccc(C)cc2)cc1. The molecule has 1 saturated carbocycles. The molecule has 4 atom stereocenters. The minimum atomic E-state index is -0.301. The predicted molar refractivity (Wildman–Crippen MR) is 113 cm³/mol. The molecule has 2 aromatic carbocycles. The Morgan fingerprint density at radius 1 is 0.692 bits per heavy atom. The van der Waals surface area contributed by atoms with Crippen LogP contribution in [0.4, 0.5) is 0 Å². The Balaban J connectivity index is 1.91. The number of hydrogen-bond acceptors (Lipinski definition) is 2. The zero-order chi connectivity index (χ0) is 18.8. The first kappa shape index (κ1) is 19.5. The van der Waals surface area contributed by atoms with Crippen LogP contribution in [0.1, 0.15) is 44.7 Å². The van der Waals surface area contributed by atoms with Gasteiger partial charge in [0.2, 0.25) is 0 Å². The Labute approximate surface area is 171 Å². The van der Waals surface area contributed by atoms with Crippen LogP contribution in [0.5, 0.6) is 0 Å². The van der Waals surface area contributed by atoms with Crippen LogP contribution in [0.2, 0.25) is 0 Å². The van der Waals surface area contributed by atoms with E-state index in [9.17, 15) is 9.59 Å². The molecule has 0 amide bonds. The molecular formula is C22H22Br2O2. The summed E-state index contributed by atoms with van der Waals surface area (Å²) in [6.07, 6.45) is 1.32. The number of benzene rings is 2. The largest absolute Gasteiger partial charge is 0.294 e. The van der Waals surface area contributed by atoms with Crippen LogP contribution in [0.25, 0.3) is 0 Å². The number of rotatable bonds is 4. The first-order valence-corrected chi connectivity index (χ1v) is 10.7. The summed E-state index contributed by atoms with van der Waals surface area (Å²) in [6.45, 7) is 4.01. The second-order valence-electron chi connectivity index (χ2n) is 7.18. The fraction of sp³-hybridized carbons (Fsp3) is 0.364. The predicted octanol–water partition coefficient (Wildman–Crippen LogP) is 5.92. The van der Waals surface area contributed by atoms with Crippen LogP contribution in [0.3, 0.4) is 0 Å². The van der Waals surface area contributed by atoms with Gasteiger partial charge in [0.05, 0.1) is 0 Å². The quantitative estimate of drug-likeness (QED) is 0.404. The lowest BCUT2D eigenvalue weighted by Gasteiger charge is -2.35. The van der Waals surface area contributed by atoms with E-state index >= 15 is 0 Å². The summed E-state index contributed by atoms with van der Waals surface area (Å²) in [5.74, 6) is -0.465. The lowest BCUT2D eigenvalue weighted by atomic mass is 9.72. The molecule has 4 heteroatoms. The van der Waals surface area contributed by atoms with E-state index in [4.69, 9.17) is 0 Å². The third-order valence-corrected chi connectivity index (χ3v) is 7.92. The normalized spacial score (nSPS) is 25.7. The van der Waals surface area contributed by atoms with Gasteiger partial charge in [-0.05, 0) is 26.7 Å². The lowest BCUT2D eigenvalue weighted by Crippen LogP contribution is -2.40. The van der Waals surface area contributed by atoms with Crippen molar-refractivity contribution < 1.29 is 9.59 Å². The molecule has 0 aliphatic heterocycles. The van der Waals surface area contributed by atoms with E-state index in [1.807, 2.05) is 62.4 Å². The highest BCUT2D eigenvalue weighted by Gasteiger charge is 2.42. The van der Waals surface area contributed by atoms with Crippen molar-refractivity contribution in [2.75, 3.05) is 0 Å². The average Bonchev–Trinajstić information content (AvgIpc) is 2.63. The van der Waals surface area contributed by atoms with Gasteiger partial charge in [-0.1, -0.05) is 91.5 Å². The number of aryl methyl sites for hydroxylation is 2. The van der Waals surface area contributed by atoms with Gasteiger partial charge in [0.25, 0.3) is 0 Å². The van der Waals surface area contributed by atoms with Crippen LogP contribution in [-0.2, 0) is 0 Å². The molecule has 0 saturated heterocycles. The number of Topliss-reactive ketones (excluding diaryl/α,β-unsaturated/α-hetero) is 2. The van der Waals surface area contributed by atoms with Gasteiger partial charge >= 0.3 is 0 Å². The number of hydrogen-bond donors (Lipinski definition) is 0. The van der Waals surface area contributed by atoms with E-state index in [0.29, 0.717) is 24.0 Å². The van der Waals surface area contributed by atoms with Crippen molar-refractivity contribution in [2.24, 2.45) is 11.8 Å². The lowest BCUT2D eigenvalue weighted by molar-refractivity contribution is 0.0720. The molecule has 0 radical (unpaired) electrons. The van der Waals surface area contributed by atoms with Gasteiger partial charge in [0.1, 0.15) is 0 Å². The summed E-state index contributed by atoms with van der Waals surface area (Å²) in [5, 5.41) is 0. The summed E-state index contributed by atoms with van der Waals surface area (Å²) in [7, 11) is 0. The number of halogens is 2. The maximum absolute atomic E-state index is 13.2. The van der Waals surface area contributed by atoms with Crippen LogP contribution >= 0.6 is 31.9 Å². The molecule has 1 aliphatic carbocycles. The van der Waals surface area contributed by atoms with Crippen LogP contribution in [0.15, 0.2) is 48.5 Å². The summed E-state index contributed by atoms with van der Waals surface area (Å²) in [5.41, 5.74) is 3.62.